The predicted octanol–water partition coefficient (Wildman–Crippen LogP) is 3.39. The second-order valence-corrected chi connectivity index (χ2v) is 4.56. The van der Waals surface area contributed by atoms with Crippen LogP contribution in [0, 0.1) is 18.3 Å². The first-order chi connectivity index (χ1) is 7.54. The first kappa shape index (κ1) is 11.2. The van der Waals surface area contributed by atoms with E-state index in [1.165, 1.54) is 0 Å². The van der Waals surface area contributed by atoms with Crippen LogP contribution in [0.5, 0.6) is 0 Å². The average Bonchev–Trinajstić information content (AvgIpc) is 2.21. The summed E-state index contributed by atoms with van der Waals surface area (Å²) in [5, 5.41) is 10.0. The van der Waals surface area contributed by atoms with Gasteiger partial charge in [0.1, 0.15) is 11.6 Å². The molecular weight excluding hydrogens is 293 g/mol. The second kappa shape index (κ2) is 3.93. The van der Waals surface area contributed by atoms with E-state index >= 15 is 0 Å². The monoisotopic (exact) mass is 297 g/mol. The van der Waals surface area contributed by atoms with Gasteiger partial charge in [-0.3, -0.25) is 0 Å². The van der Waals surface area contributed by atoms with Crippen molar-refractivity contribution in [2.45, 2.75) is 6.92 Å². The molecule has 5 heteroatoms. The van der Waals surface area contributed by atoms with Gasteiger partial charge in [-0.05, 0) is 40.5 Å². The molecule has 1 heterocycles. The molecule has 2 rings (SSSR count). The highest BCUT2D eigenvalue weighted by atomic mass is 79.9. The van der Waals surface area contributed by atoms with E-state index in [0.717, 1.165) is 0 Å². The molecule has 0 saturated heterocycles. The zero-order valence-electron chi connectivity index (χ0n) is 8.17. The highest BCUT2D eigenvalue weighted by Gasteiger charge is 2.13. The van der Waals surface area contributed by atoms with E-state index in [-0.39, 0.29) is 5.56 Å². The normalized spacial score (nSPS) is 10.4. The Labute approximate surface area is 104 Å². The fraction of sp³-hybridized carbons (Fsp3) is 0.0909. The molecule has 0 N–H and O–H groups in total. The van der Waals surface area contributed by atoms with Gasteiger partial charge < -0.3 is 4.42 Å². The van der Waals surface area contributed by atoms with Crippen molar-refractivity contribution in [1.29, 1.82) is 5.26 Å². The van der Waals surface area contributed by atoms with E-state index in [1.807, 2.05) is 6.07 Å². The lowest BCUT2D eigenvalue weighted by Gasteiger charge is -2.04. The Balaban J connectivity index is 3.06. The first-order valence-electron chi connectivity index (χ1n) is 4.37. The zero-order chi connectivity index (χ0) is 11.9. The number of nitrogens with zero attached hydrogens (tertiary/aromatic N) is 1. The van der Waals surface area contributed by atoms with Crippen LogP contribution < -0.4 is 5.63 Å². The molecule has 80 valence electrons. The van der Waals surface area contributed by atoms with Gasteiger partial charge in [0.05, 0.1) is 4.47 Å². The van der Waals surface area contributed by atoms with Crippen molar-refractivity contribution < 1.29 is 4.42 Å². The van der Waals surface area contributed by atoms with Crippen molar-refractivity contribution in [3.05, 3.63) is 43.2 Å². The van der Waals surface area contributed by atoms with Gasteiger partial charge in [0.2, 0.25) is 0 Å². The third kappa shape index (κ3) is 1.62. The Morgan fingerprint density at radius 3 is 2.81 bits per heavy atom. The van der Waals surface area contributed by atoms with Crippen LogP contribution in [0.3, 0.4) is 0 Å². The van der Waals surface area contributed by atoms with E-state index in [0.29, 0.717) is 26.0 Å². The first-order valence-corrected chi connectivity index (χ1v) is 5.54. The molecule has 0 bridgehead atoms. The average molecular weight is 299 g/mol. The van der Waals surface area contributed by atoms with E-state index in [4.69, 9.17) is 21.3 Å². The fourth-order valence-corrected chi connectivity index (χ4v) is 2.39. The summed E-state index contributed by atoms with van der Waals surface area (Å²) in [7, 11) is 0. The number of hydrogen-bond acceptors (Lipinski definition) is 3. The molecule has 0 radical (unpaired) electrons. The molecule has 0 atom stereocenters. The number of fused-ring (bicyclic) bond motifs is 1. The third-order valence-corrected chi connectivity index (χ3v) is 3.11. The van der Waals surface area contributed by atoms with E-state index < -0.39 is 5.63 Å². The molecule has 2 aromatic rings. The van der Waals surface area contributed by atoms with Crippen molar-refractivity contribution >= 4 is 38.5 Å². The number of benzene rings is 1. The molecule has 0 aliphatic rings. The van der Waals surface area contributed by atoms with E-state index in [1.54, 1.807) is 19.1 Å². The standard InChI is InChI=1S/C11H5BrClNO2/c1-5-7-2-6(13)3-9(12)10(7)16-11(15)8(5)4-14/h2-3H,1H3. The Bertz CT molecular complexity index is 685. The Kier molecular flexibility index (Phi) is 2.75. The number of halogens is 2. The van der Waals surface area contributed by atoms with E-state index in [2.05, 4.69) is 15.9 Å². The maximum atomic E-state index is 11.5. The minimum Gasteiger partial charge on any atom is -0.421 e. The molecular formula is C11H5BrClNO2. The fourth-order valence-electron chi connectivity index (χ4n) is 1.50. The summed E-state index contributed by atoms with van der Waals surface area (Å²) in [6.07, 6.45) is 0. The maximum Gasteiger partial charge on any atom is 0.354 e. The molecule has 0 fully saturated rings. The van der Waals surface area contributed by atoms with Gasteiger partial charge in [-0.2, -0.15) is 5.26 Å². The molecule has 1 aromatic heterocycles. The van der Waals surface area contributed by atoms with Crippen LogP contribution in [0.25, 0.3) is 11.0 Å². The second-order valence-electron chi connectivity index (χ2n) is 3.27. The highest BCUT2D eigenvalue weighted by Crippen LogP contribution is 2.29. The van der Waals surface area contributed by atoms with Crippen LogP contribution in [0.4, 0.5) is 0 Å². The molecule has 0 saturated carbocycles. The molecule has 0 aliphatic carbocycles. The van der Waals surface area contributed by atoms with Crippen molar-refractivity contribution in [1.82, 2.24) is 0 Å². The Morgan fingerprint density at radius 2 is 2.19 bits per heavy atom. The Hall–Kier alpha value is -1.31. The van der Waals surface area contributed by atoms with Crippen molar-refractivity contribution in [2.75, 3.05) is 0 Å². The number of hydrogen-bond donors (Lipinski definition) is 0. The van der Waals surface area contributed by atoms with Crippen molar-refractivity contribution in [3.63, 3.8) is 0 Å². The van der Waals surface area contributed by atoms with Crippen molar-refractivity contribution in [2.24, 2.45) is 0 Å². The van der Waals surface area contributed by atoms with Gasteiger partial charge in [-0.25, -0.2) is 4.79 Å². The molecule has 0 spiro atoms. The smallest absolute Gasteiger partial charge is 0.354 e. The molecule has 0 unspecified atom stereocenters. The molecule has 3 nitrogen and oxygen atoms in total. The lowest BCUT2D eigenvalue weighted by molar-refractivity contribution is 0.555. The lowest BCUT2D eigenvalue weighted by Crippen LogP contribution is -2.06. The number of aryl methyl sites for hydroxylation is 1. The summed E-state index contributed by atoms with van der Waals surface area (Å²) in [5.41, 5.74) is 0.375. The van der Waals surface area contributed by atoms with Crippen LogP contribution in [-0.2, 0) is 0 Å². The van der Waals surface area contributed by atoms with Crippen LogP contribution in [0.15, 0.2) is 25.8 Å². The van der Waals surface area contributed by atoms with E-state index in [9.17, 15) is 4.79 Å². The van der Waals surface area contributed by atoms with Crippen molar-refractivity contribution in [3.8, 4) is 6.07 Å². The number of nitriles is 1. The topological polar surface area (TPSA) is 54.0 Å². The summed E-state index contributed by atoms with van der Waals surface area (Å²) < 4.78 is 5.66. The Morgan fingerprint density at radius 1 is 1.50 bits per heavy atom. The molecule has 1 aromatic carbocycles. The van der Waals surface area contributed by atoms with Gasteiger partial charge in [-0.1, -0.05) is 11.6 Å². The summed E-state index contributed by atoms with van der Waals surface area (Å²) in [6.45, 7) is 1.70. The summed E-state index contributed by atoms with van der Waals surface area (Å²) in [5.74, 6) is 0. The van der Waals surface area contributed by atoms with Gasteiger partial charge in [0.15, 0.2) is 5.58 Å². The zero-order valence-corrected chi connectivity index (χ0v) is 10.5. The third-order valence-electron chi connectivity index (χ3n) is 2.30. The van der Waals surface area contributed by atoms with Gasteiger partial charge in [0.25, 0.3) is 0 Å². The number of rotatable bonds is 0. The molecule has 0 amide bonds. The summed E-state index contributed by atoms with van der Waals surface area (Å²) in [4.78, 5) is 11.5. The molecule has 0 aliphatic heterocycles. The van der Waals surface area contributed by atoms with Gasteiger partial charge >= 0.3 is 5.63 Å². The minimum absolute atomic E-state index is 0.0154. The van der Waals surface area contributed by atoms with Crippen LogP contribution in [0.1, 0.15) is 11.1 Å². The lowest BCUT2D eigenvalue weighted by atomic mass is 10.1. The van der Waals surface area contributed by atoms with Crippen LogP contribution in [0.2, 0.25) is 5.02 Å². The van der Waals surface area contributed by atoms with Gasteiger partial charge in [0, 0.05) is 10.4 Å². The quantitative estimate of drug-likeness (QED) is 0.701. The predicted molar refractivity (Wildman–Crippen MR) is 64.6 cm³/mol. The SMILES string of the molecule is Cc1c(C#N)c(=O)oc2c(Br)cc(Cl)cc12. The summed E-state index contributed by atoms with van der Waals surface area (Å²) >= 11 is 9.16. The van der Waals surface area contributed by atoms with Crippen LogP contribution in [-0.4, -0.2) is 0 Å². The van der Waals surface area contributed by atoms with Crippen LogP contribution >= 0.6 is 27.5 Å². The largest absolute Gasteiger partial charge is 0.421 e. The summed E-state index contributed by atoms with van der Waals surface area (Å²) in [6, 6.07) is 5.13. The highest BCUT2D eigenvalue weighted by molar-refractivity contribution is 9.10. The minimum atomic E-state index is -0.629. The maximum absolute atomic E-state index is 11.5. The van der Waals surface area contributed by atoms with Gasteiger partial charge in [-0.15, -0.1) is 0 Å². The molecule has 16 heavy (non-hydrogen) atoms.